The number of amides is 1. The highest BCUT2D eigenvalue weighted by Crippen LogP contribution is 2.29. The Morgan fingerprint density at radius 2 is 2.26 bits per heavy atom. The predicted octanol–water partition coefficient (Wildman–Crippen LogP) is 2.25. The van der Waals surface area contributed by atoms with E-state index in [4.69, 9.17) is 4.74 Å². The first-order valence-electron chi connectivity index (χ1n) is 7.57. The number of carbonyl (C=O) groups excluding carboxylic acids is 1. The van der Waals surface area contributed by atoms with Crippen molar-refractivity contribution in [2.75, 3.05) is 20.3 Å². The molecule has 1 aromatic carbocycles. The highest BCUT2D eigenvalue weighted by molar-refractivity contribution is 5.96. The zero-order valence-electron chi connectivity index (χ0n) is 13.5. The van der Waals surface area contributed by atoms with Crippen LogP contribution in [0.15, 0.2) is 24.4 Å². The summed E-state index contributed by atoms with van der Waals surface area (Å²) in [6.45, 7) is 3.15. The van der Waals surface area contributed by atoms with Crippen molar-refractivity contribution in [3.8, 4) is 0 Å². The molecule has 1 aliphatic rings. The molecule has 0 saturated carbocycles. The first kappa shape index (κ1) is 15.7. The smallest absolute Gasteiger partial charge is 0.257 e. The number of aromatic nitrogens is 2. The van der Waals surface area contributed by atoms with E-state index in [9.17, 15) is 9.18 Å². The van der Waals surface area contributed by atoms with Crippen LogP contribution in [0.4, 0.5) is 4.39 Å². The van der Waals surface area contributed by atoms with Crippen LogP contribution in [0.3, 0.4) is 0 Å². The number of fused-ring (bicyclic) bond motifs is 1. The van der Waals surface area contributed by atoms with E-state index >= 15 is 0 Å². The van der Waals surface area contributed by atoms with Crippen LogP contribution >= 0.6 is 0 Å². The fourth-order valence-electron chi connectivity index (χ4n) is 3.19. The second-order valence-corrected chi connectivity index (χ2v) is 5.98. The number of ether oxygens (including phenoxy) is 1. The van der Waals surface area contributed by atoms with Crippen molar-refractivity contribution in [3.63, 3.8) is 0 Å². The molecular formula is C17H20FN3O2. The highest BCUT2D eigenvalue weighted by atomic mass is 19.1. The topological polar surface area (TPSA) is 47.4 Å². The molecule has 0 saturated heterocycles. The number of aryl methyl sites for hydroxylation is 2. The van der Waals surface area contributed by atoms with Gasteiger partial charge in [0, 0.05) is 44.9 Å². The number of rotatable bonds is 3. The minimum absolute atomic E-state index is 0.000907. The van der Waals surface area contributed by atoms with Gasteiger partial charge < -0.3 is 9.64 Å². The molecule has 122 valence electrons. The van der Waals surface area contributed by atoms with Gasteiger partial charge >= 0.3 is 0 Å². The quantitative estimate of drug-likeness (QED) is 0.872. The van der Waals surface area contributed by atoms with Crippen molar-refractivity contribution in [3.05, 3.63) is 52.6 Å². The normalized spacial score (nSPS) is 17.2. The highest BCUT2D eigenvalue weighted by Gasteiger charge is 2.32. The molecule has 1 amide bonds. The monoisotopic (exact) mass is 317 g/mol. The molecule has 1 aliphatic heterocycles. The molecule has 0 radical (unpaired) electrons. The van der Waals surface area contributed by atoms with E-state index in [2.05, 4.69) is 5.10 Å². The molecule has 1 unspecified atom stereocenters. The lowest BCUT2D eigenvalue weighted by Gasteiger charge is -2.32. The van der Waals surface area contributed by atoms with Crippen LogP contribution in [-0.4, -0.2) is 40.8 Å². The van der Waals surface area contributed by atoms with Crippen LogP contribution in [0.5, 0.6) is 0 Å². The van der Waals surface area contributed by atoms with E-state index in [-0.39, 0.29) is 17.4 Å². The molecule has 3 rings (SSSR count). The lowest BCUT2D eigenvalue weighted by molar-refractivity contribution is 0.0673. The van der Waals surface area contributed by atoms with Gasteiger partial charge in [-0.1, -0.05) is 12.1 Å². The summed E-state index contributed by atoms with van der Waals surface area (Å²) >= 11 is 0. The third-order valence-electron chi connectivity index (χ3n) is 4.22. The SMILES string of the molecule is COCC1CN(C(=O)c2c(C)cccc2F)Cc2cn(C)nc21. The molecule has 1 aromatic heterocycles. The fraction of sp³-hybridized carbons (Fsp3) is 0.412. The van der Waals surface area contributed by atoms with E-state index in [1.807, 2.05) is 13.2 Å². The molecule has 0 fully saturated rings. The number of nitrogens with zero attached hydrogens (tertiary/aromatic N) is 3. The summed E-state index contributed by atoms with van der Waals surface area (Å²) in [5.41, 5.74) is 2.75. The minimum Gasteiger partial charge on any atom is -0.384 e. The Kier molecular flexibility index (Phi) is 4.17. The van der Waals surface area contributed by atoms with Crippen LogP contribution in [0.2, 0.25) is 0 Å². The fourth-order valence-corrected chi connectivity index (χ4v) is 3.19. The molecule has 2 aromatic rings. The molecular weight excluding hydrogens is 297 g/mol. The summed E-state index contributed by atoms with van der Waals surface area (Å²) in [4.78, 5) is 14.5. The van der Waals surface area contributed by atoms with Crippen molar-refractivity contribution >= 4 is 5.91 Å². The maximum atomic E-state index is 14.1. The van der Waals surface area contributed by atoms with Crippen molar-refractivity contribution in [1.29, 1.82) is 0 Å². The number of carbonyl (C=O) groups is 1. The molecule has 23 heavy (non-hydrogen) atoms. The summed E-state index contributed by atoms with van der Waals surface area (Å²) in [6.07, 6.45) is 1.91. The number of hydrogen-bond donors (Lipinski definition) is 0. The summed E-state index contributed by atoms with van der Waals surface area (Å²) in [5, 5.41) is 4.48. The minimum atomic E-state index is -0.477. The first-order valence-corrected chi connectivity index (χ1v) is 7.57. The van der Waals surface area contributed by atoms with Crippen LogP contribution in [-0.2, 0) is 18.3 Å². The average molecular weight is 317 g/mol. The van der Waals surface area contributed by atoms with Crippen molar-refractivity contribution in [2.24, 2.45) is 7.05 Å². The lowest BCUT2D eigenvalue weighted by atomic mass is 9.96. The van der Waals surface area contributed by atoms with E-state index in [0.29, 0.717) is 25.3 Å². The maximum absolute atomic E-state index is 14.1. The number of benzene rings is 1. The third-order valence-corrected chi connectivity index (χ3v) is 4.22. The largest absolute Gasteiger partial charge is 0.384 e. The lowest BCUT2D eigenvalue weighted by Crippen LogP contribution is -2.40. The Hall–Kier alpha value is -2.21. The number of halogens is 1. The van der Waals surface area contributed by atoms with E-state index in [1.165, 1.54) is 6.07 Å². The van der Waals surface area contributed by atoms with Crippen molar-refractivity contribution in [1.82, 2.24) is 14.7 Å². The van der Waals surface area contributed by atoms with Crippen LogP contribution < -0.4 is 0 Å². The van der Waals surface area contributed by atoms with E-state index < -0.39 is 5.82 Å². The number of hydrogen-bond acceptors (Lipinski definition) is 3. The zero-order chi connectivity index (χ0) is 16.6. The van der Waals surface area contributed by atoms with E-state index in [1.54, 1.807) is 35.7 Å². The van der Waals surface area contributed by atoms with Gasteiger partial charge in [0.15, 0.2) is 0 Å². The van der Waals surface area contributed by atoms with Gasteiger partial charge in [-0.3, -0.25) is 9.48 Å². The Morgan fingerprint density at radius 3 is 2.96 bits per heavy atom. The van der Waals surface area contributed by atoms with Gasteiger partial charge in [-0.15, -0.1) is 0 Å². The molecule has 0 spiro atoms. The maximum Gasteiger partial charge on any atom is 0.257 e. The Bertz CT molecular complexity index is 721. The van der Waals surface area contributed by atoms with Crippen molar-refractivity contribution in [2.45, 2.75) is 19.4 Å². The Morgan fingerprint density at radius 1 is 1.48 bits per heavy atom. The Balaban J connectivity index is 1.94. The predicted molar refractivity (Wildman–Crippen MR) is 83.7 cm³/mol. The van der Waals surface area contributed by atoms with Gasteiger partial charge in [0.1, 0.15) is 5.82 Å². The van der Waals surface area contributed by atoms with Gasteiger partial charge in [-0.2, -0.15) is 5.10 Å². The third kappa shape index (κ3) is 2.86. The average Bonchev–Trinajstić information content (AvgIpc) is 2.87. The Labute approximate surface area is 134 Å². The number of methoxy groups -OCH3 is 1. The van der Waals surface area contributed by atoms with Gasteiger partial charge in [0.2, 0.25) is 0 Å². The summed E-state index contributed by atoms with van der Waals surface area (Å²) in [6, 6.07) is 4.69. The van der Waals surface area contributed by atoms with Crippen molar-refractivity contribution < 1.29 is 13.9 Å². The van der Waals surface area contributed by atoms with Crippen LogP contribution in [0.25, 0.3) is 0 Å². The summed E-state index contributed by atoms with van der Waals surface area (Å²) < 4.78 is 21.1. The molecule has 0 bridgehead atoms. The standard InChI is InChI=1S/C17H20FN3O2/c1-11-5-4-6-14(18)15(11)17(22)21-8-12-7-20(2)19-16(12)13(9-21)10-23-3/h4-7,13H,8-10H2,1-3H3. The summed E-state index contributed by atoms with van der Waals surface area (Å²) in [5.74, 6) is -0.757. The molecule has 0 aliphatic carbocycles. The van der Waals surface area contributed by atoms with Gasteiger partial charge in [0.05, 0.1) is 17.9 Å². The van der Waals surface area contributed by atoms with E-state index in [0.717, 1.165) is 11.3 Å². The first-order chi connectivity index (χ1) is 11.0. The van der Waals surface area contributed by atoms with Crippen LogP contribution in [0, 0.1) is 12.7 Å². The molecule has 2 heterocycles. The molecule has 1 atom stereocenters. The zero-order valence-corrected chi connectivity index (χ0v) is 13.5. The van der Waals surface area contributed by atoms with Crippen LogP contribution in [0.1, 0.15) is 33.1 Å². The molecule has 5 nitrogen and oxygen atoms in total. The second kappa shape index (κ2) is 6.12. The second-order valence-electron chi connectivity index (χ2n) is 5.98. The van der Waals surface area contributed by atoms with Gasteiger partial charge in [-0.05, 0) is 18.6 Å². The molecule has 0 N–H and O–H groups in total. The summed E-state index contributed by atoms with van der Waals surface area (Å²) in [7, 11) is 3.49. The van der Waals surface area contributed by atoms with Gasteiger partial charge in [0.25, 0.3) is 5.91 Å². The van der Waals surface area contributed by atoms with Gasteiger partial charge in [-0.25, -0.2) is 4.39 Å². The molecule has 6 heteroatoms.